The summed E-state index contributed by atoms with van der Waals surface area (Å²) in [5, 5.41) is 3.45. The van der Waals surface area contributed by atoms with Crippen LogP contribution in [0.15, 0.2) is 66.3 Å². The lowest BCUT2D eigenvalue weighted by Gasteiger charge is -2.08. The minimum absolute atomic E-state index is 0.103. The number of aromatic nitrogens is 2. The molecule has 6 heteroatoms. The van der Waals surface area contributed by atoms with Crippen molar-refractivity contribution in [2.45, 2.75) is 12.8 Å². The van der Waals surface area contributed by atoms with Gasteiger partial charge in [-0.3, -0.25) is 4.98 Å². The van der Waals surface area contributed by atoms with Crippen LogP contribution in [0.1, 0.15) is 11.1 Å². The Hall–Kier alpha value is -2.63. The first-order valence-corrected chi connectivity index (χ1v) is 9.95. The Bertz CT molecular complexity index is 1080. The molecular weight excluding hydrogens is 398 g/mol. The Labute approximate surface area is 170 Å². The summed E-state index contributed by atoms with van der Waals surface area (Å²) in [5.41, 5.74) is 3.55. The highest BCUT2D eigenvalue weighted by atomic mass is 35.5. The molecule has 0 radical (unpaired) electrons. The molecule has 0 aliphatic carbocycles. The number of benzene rings is 2. The fourth-order valence-electron chi connectivity index (χ4n) is 2.99. The molecule has 0 aliphatic heterocycles. The van der Waals surface area contributed by atoms with Gasteiger partial charge in [-0.25, -0.2) is 13.8 Å². The highest BCUT2D eigenvalue weighted by molar-refractivity contribution is 7.13. The second kappa shape index (κ2) is 8.17. The molecule has 28 heavy (non-hydrogen) atoms. The van der Waals surface area contributed by atoms with E-state index in [0.29, 0.717) is 11.4 Å². The van der Waals surface area contributed by atoms with Gasteiger partial charge in [-0.05, 0) is 48.7 Å². The molecule has 0 saturated heterocycles. The molecular formula is C22H15ClF2N2S. The maximum atomic E-state index is 13.8. The van der Waals surface area contributed by atoms with Crippen LogP contribution in [0, 0.1) is 11.6 Å². The summed E-state index contributed by atoms with van der Waals surface area (Å²) >= 11 is 7.93. The smallest absolute Gasteiger partial charge is 0.129 e. The zero-order chi connectivity index (χ0) is 19.5. The van der Waals surface area contributed by atoms with Crippen LogP contribution in [0.25, 0.3) is 21.8 Å². The molecule has 140 valence electrons. The van der Waals surface area contributed by atoms with Gasteiger partial charge in [0.1, 0.15) is 16.6 Å². The Kier molecular flexibility index (Phi) is 5.46. The Morgan fingerprint density at radius 3 is 2.43 bits per heavy atom. The Balaban J connectivity index is 1.54. The number of nitrogens with zero attached hydrogens (tertiary/aromatic N) is 2. The predicted octanol–water partition coefficient (Wildman–Crippen LogP) is 6.59. The van der Waals surface area contributed by atoms with Crippen LogP contribution in [0.2, 0.25) is 5.02 Å². The van der Waals surface area contributed by atoms with Crippen LogP contribution < -0.4 is 0 Å². The maximum Gasteiger partial charge on any atom is 0.129 e. The molecule has 2 heterocycles. The third-order valence-corrected chi connectivity index (χ3v) is 5.62. The number of rotatable bonds is 5. The molecule has 0 spiro atoms. The van der Waals surface area contributed by atoms with Crippen molar-refractivity contribution in [2.75, 3.05) is 0 Å². The molecule has 0 unspecified atom stereocenters. The molecule has 2 aromatic heterocycles. The topological polar surface area (TPSA) is 25.8 Å². The first-order chi connectivity index (χ1) is 13.6. The first-order valence-electron chi connectivity index (χ1n) is 8.69. The van der Waals surface area contributed by atoms with Crippen LogP contribution in [-0.2, 0) is 12.8 Å². The zero-order valence-electron chi connectivity index (χ0n) is 14.7. The average molecular weight is 413 g/mol. The Morgan fingerprint density at radius 2 is 1.75 bits per heavy atom. The summed E-state index contributed by atoms with van der Waals surface area (Å²) < 4.78 is 27.5. The first kappa shape index (κ1) is 18.7. The molecule has 2 nitrogen and oxygen atoms in total. The number of thiazole rings is 1. The molecule has 0 atom stereocenters. The van der Waals surface area contributed by atoms with E-state index in [-0.39, 0.29) is 12.0 Å². The zero-order valence-corrected chi connectivity index (χ0v) is 16.3. The fraction of sp³-hybridized carbons (Fsp3) is 0.0909. The van der Waals surface area contributed by atoms with E-state index >= 15 is 0 Å². The van der Waals surface area contributed by atoms with E-state index < -0.39 is 11.6 Å². The number of aryl methyl sites for hydroxylation is 1. The maximum absolute atomic E-state index is 13.8. The van der Waals surface area contributed by atoms with Gasteiger partial charge in [-0.15, -0.1) is 11.3 Å². The van der Waals surface area contributed by atoms with Gasteiger partial charge in [0.05, 0.1) is 10.7 Å². The average Bonchev–Trinajstić information content (AvgIpc) is 3.23. The third-order valence-electron chi connectivity index (χ3n) is 4.47. The van der Waals surface area contributed by atoms with Crippen molar-refractivity contribution >= 4 is 22.9 Å². The predicted molar refractivity (Wildman–Crippen MR) is 110 cm³/mol. The molecule has 2 aromatic carbocycles. The van der Waals surface area contributed by atoms with Crippen LogP contribution in [-0.4, -0.2) is 9.97 Å². The molecule has 0 amide bonds. The van der Waals surface area contributed by atoms with Crippen molar-refractivity contribution in [2.24, 2.45) is 0 Å². The lowest BCUT2D eigenvalue weighted by Crippen LogP contribution is -1.99. The molecule has 0 bridgehead atoms. The highest BCUT2D eigenvalue weighted by Gasteiger charge is 2.11. The van der Waals surface area contributed by atoms with Crippen molar-refractivity contribution in [3.63, 3.8) is 0 Å². The number of halogens is 3. The van der Waals surface area contributed by atoms with Crippen LogP contribution in [0.5, 0.6) is 0 Å². The van der Waals surface area contributed by atoms with Gasteiger partial charge in [0.15, 0.2) is 0 Å². The standard InChI is InChI=1S/C22H15ClF2N2S/c23-18-8-6-15(22-26-10-11-28-22)12-17(18)21-9-5-14(13-27-21)4-7-16-19(24)2-1-3-20(16)25/h1-3,5-6,8-13H,4,7H2. The van der Waals surface area contributed by atoms with E-state index in [9.17, 15) is 8.78 Å². The van der Waals surface area contributed by atoms with Crippen LogP contribution >= 0.6 is 22.9 Å². The summed E-state index contributed by atoms with van der Waals surface area (Å²) in [4.78, 5) is 8.83. The van der Waals surface area contributed by atoms with Crippen molar-refractivity contribution in [3.8, 4) is 21.8 Å². The van der Waals surface area contributed by atoms with Crippen molar-refractivity contribution in [1.82, 2.24) is 9.97 Å². The lowest BCUT2D eigenvalue weighted by molar-refractivity contribution is 0.554. The van der Waals surface area contributed by atoms with Crippen molar-refractivity contribution in [1.29, 1.82) is 0 Å². The molecule has 0 aliphatic rings. The van der Waals surface area contributed by atoms with Gasteiger partial charge in [-0.2, -0.15) is 0 Å². The van der Waals surface area contributed by atoms with E-state index in [1.807, 2.05) is 35.7 Å². The molecule has 4 rings (SSSR count). The van der Waals surface area contributed by atoms with Gasteiger partial charge in [-0.1, -0.05) is 29.8 Å². The lowest BCUT2D eigenvalue weighted by atomic mass is 10.0. The summed E-state index contributed by atoms with van der Waals surface area (Å²) in [6.45, 7) is 0. The normalized spacial score (nSPS) is 11.0. The second-order valence-corrected chi connectivity index (χ2v) is 7.59. The van der Waals surface area contributed by atoms with Gasteiger partial charge in [0, 0.05) is 34.5 Å². The number of hydrogen-bond acceptors (Lipinski definition) is 3. The second-order valence-electron chi connectivity index (χ2n) is 6.28. The van der Waals surface area contributed by atoms with E-state index in [1.165, 1.54) is 18.2 Å². The van der Waals surface area contributed by atoms with E-state index in [4.69, 9.17) is 11.6 Å². The van der Waals surface area contributed by atoms with Crippen LogP contribution in [0.4, 0.5) is 8.78 Å². The SMILES string of the molecule is Fc1cccc(F)c1CCc1ccc(-c2cc(-c3nccs3)ccc2Cl)nc1. The summed E-state index contributed by atoms with van der Waals surface area (Å²) in [6.07, 6.45) is 4.26. The van der Waals surface area contributed by atoms with Gasteiger partial charge >= 0.3 is 0 Å². The van der Waals surface area contributed by atoms with Gasteiger partial charge in [0.25, 0.3) is 0 Å². The summed E-state index contributed by atoms with van der Waals surface area (Å²) in [7, 11) is 0. The van der Waals surface area contributed by atoms with E-state index in [1.54, 1.807) is 23.7 Å². The number of pyridine rings is 1. The Morgan fingerprint density at radius 1 is 0.929 bits per heavy atom. The van der Waals surface area contributed by atoms with Crippen molar-refractivity contribution < 1.29 is 8.78 Å². The van der Waals surface area contributed by atoms with Crippen molar-refractivity contribution in [3.05, 3.63) is 94.1 Å². The van der Waals surface area contributed by atoms with Gasteiger partial charge < -0.3 is 0 Å². The highest BCUT2D eigenvalue weighted by Crippen LogP contribution is 2.32. The fourth-order valence-corrected chi connectivity index (χ4v) is 3.84. The third kappa shape index (κ3) is 3.96. The van der Waals surface area contributed by atoms with E-state index in [0.717, 1.165) is 27.4 Å². The van der Waals surface area contributed by atoms with E-state index in [2.05, 4.69) is 9.97 Å². The number of hydrogen-bond donors (Lipinski definition) is 0. The molecule has 0 saturated carbocycles. The summed E-state index contributed by atoms with van der Waals surface area (Å²) in [6, 6.07) is 13.4. The minimum Gasteiger partial charge on any atom is -0.256 e. The largest absolute Gasteiger partial charge is 0.256 e. The summed E-state index contributed by atoms with van der Waals surface area (Å²) in [5.74, 6) is -1.04. The monoisotopic (exact) mass is 412 g/mol. The molecule has 0 N–H and O–H groups in total. The molecule has 4 aromatic rings. The van der Waals surface area contributed by atoms with Crippen LogP contribution in [0.3, 0.4) is 0 Å². The van der Waals surface area contributed by atoms with Gasteiger partial charge in [0.2, 0.25) is 0 Å². The molecule has 0 fully saturated rings. The minimum atomic E-state index is -0.518. The quantitative estimate of drug-likeness (QED) is 0.369.